The molecule has 0 bridgehead atoms. The van der Waals surface area contributed by atoms with E-state index in [1.54, 1.807) is 0 Å². The summed E-state index contributed by atoms with van der Waals surface area (Å²) in [6, 6.07) is 0.811. The summed E-state index contributed by atoms with van der Waals surface area (Å²) in [5.41, 5.74) is 1.29. The molecule has 1 aliphatic carbocycles. The van der Waals surface area contributed by atoms with Gasteiger partial charge in [0, 0.05) is 45.0 Å². The van der Waals surface area contributed by atoms with Crippen LogP contribution in [-0.4, -0.2) is 66.0 Å². The fraction of sp³-hybridized carbons (Fsp3) is 0.750. The molecule has 2 aliphatic rings. The molecule has 0 aromatic carbocycles. The first-order valence-electron chi connectivity index (χ1n) is 8.92. The third-order valence-electron chi connectivity index (χ3n) is 5.12. The van der Waals surface area contributed by atoms with Gasteiger partial charge >= 0.3 is 0 Å². The van der Waals surface area contributed by atoms with E-state index in [4.69, 9.17) is 0 Å². The molecule has 0 spiro atoms. The van der Waals surface area contributed by atoms with Gasteiger partial charge in [-0.1, -0.05) is 0 Å². The molecule has 24 heavy (non-hydrogen) atoms. The summed E-state index contributed by atoms with van der Waals surface area (Å²) in [5, 5.41) is 16.7. The van der Waals surface area contributed by atoms with Crippen LogP contribution in [0, 0.1) is 0 Å². The van der Waals surface area contributed by atoms with Crippen LogP contribution in [0.4, 0.5) is 0 Å². The van der Waals surface area contributed by atoms with Gasteiger partial charge in [0.25, 0.3) is 0 Å². The third kappa shape index (κ3) is 3.34. The molecule has 2 aromatic rings. The van der Waals surface area contributed by atoms with Gasteiger partial charge in [-0.2, -0.15) is 5.10 Å². The number of nitrogens with zero attached hydrogens (tertiary/aromatic N) is 8. The van der Waals surface area contributed by atoms with E-state index in [0.29, 0.717) is 6.04 Å². The maximum atomic E-state index is 4.31. The van der Waals surface area contributed by atoms with Gasteiger partial charge in [0.15, 0.2) is 5.82 Å². The summed E-state index contributed by atoms with van der Waals surface area (Å²) in [6.07, 6.45) is 7.67. The van der Waals surface area contributed by atoms with Crippen molar-refractivity contribution in [1.29, 1.82) is 0 Å². The Morgan fingerprint density at radius 3 is 2.83 bits per heavy atom. The largest absolute Gasteiger partial charge is 0.298 e. The minimum absolute atomic E-state index is 0.277. The summed E-state index contributed by atoms with van der Waals surface area (Å²) in [7, 11) is 1.97. The van der Waals surface area contributed by atoms with Crippen LogP contribution in [-0.2, 0) is 13.6 Å². The zero-order valence-electron chi connectivity index (χ0n) is 14.5. The monoisotopic (exact) mass is 330 g/mol. The minimum atomic E-state index is 0.277. The Labute approximate surface area is 142 Å². The Morgan fingerprint density at radius 2 is 2.08 bits per heavy atom. The van der Waals surface area contributed by atoms with E-state index in [2.05, 4.69) is 43.5 Å². The zero-order valence-corrected chi connectivity index (χ0v) is 14.5. The highest BCUT2D eigenvalue weighted by atomic mass is 15.6. The first-order valence-corrected chi connectivity index (χ1v) is 8.92. The lowest BCUT2D eigenvalue weighted by Crippen LogP contribution is -2.33. The van der Waals surface area contributed by atoms with E-state index in [1.165, 1.54) is 24.8 Å². The standard InChI is InChI=1S/C16H26N8/c1-13(16-18-19-20-24(16)15-4-5-15)23-7-3-6-22(8-9-23)12-14-10-17-21(2)11-14/h10-11,13,15H,3-9,12H2,1-2H3. The van der Waals surface area contributed by atoms with Crippen LogP contribution in [0.15, 0.2) is 12.4 Å². The van der Waals surface area contributed by atoms with Gasteiger partial charge in [-0.25, -0.2) is 4.68 Å². The predicted molar refractivity (Wildman–Crippen MR) is 89.2 cm³/mol. The van der Waals surface area contributed by atoms with Gasteiger partial charge in [0.2, 0.25) is 0 Å². The quantitative estimate of drug-likeness (QED) is 0.815. The lowest BCUT2D eigenvalue weighted by molar-refractivity contribution is 0.197. The third-order valence-corrected chi connectivity index (χ3v) is 5.12. The molecule has 130 valence electrons. The fourth-order valence-electron chi connectivity index (χ4n) is 3.57. The molecule has 0 amide bonds. The Balaban J connectivity index is 1.38. The summed E-state index contributed by atoms with van der Waals surface area (Å²) >= 11 is 0. The van der Waals surface area contributed by atoms with Gasteiger partial charge < -0.3 is 0 Å². The summed E-state index contributed by atoms with van der Waals surface area (Å²) in [5.74, 6) is 1.03. The number of aromatic nitrogens is 6. The van der Waals surface area contributed by atoms with Crippen LogP contribution in [0.5, 0.6) is 0 Å². The molecule has 8 nitrogen and oxygen atoms in total. The van der Waals surface area contributed by atoms with Crippen molar-refractivity contribution in [2.45, 2.75) is 44.8 Å². The van der Waals surface area contributed by atoms with Crippen molar-refractivity contribution in [2.24, 2.45) is 7.05 Å². The maximum absolute atomic E-state index is 4.31. The number of aryl methyl sites for hydroxylation is 1. The highest BCUT2D eigenvalue weighted by Gasteiger charge is 2.31. The normalized spacial score (nSPS) is 21.8. The predicted octanol–water partition coefficient (Wildman–Crippen LogP) is 1.01. The highest BCUT2D eigenvalue weighted by Crippen LogP contribution is 2.36. The van der Waals surface area contributed by atoms with E-state index < -0.39 is 0 Å². The molecule has 1 saturated carbocycles. The molecule has 3 heterocycles. The molecule has 8 heteroatoms. The maximum Gasteiger partial charge on any atom is 0.168 e. The molecule has 1 unspecified atom stereocenters. The first-order chi connectivity index (χ1) is 11.7. The number of tetrazole rings is 1. The molecule has 1 saturated heterocycles. The average molecular weight is 330 g/mol. The zero-order chi connectivity index (χ0) is 16.5. The van der Waals surface area contributed by atoms with Crippen molar-refractivity contribution >= 4 is 0 Å². The van der Waals surface area contributed by atoms with E-state index in [1.807, 2.05) is 22.6 Å². The second-order valence-electron chi connectivity index (χ2n) is 7.08. The van der Waals surface area contributed by atoms with Crippen molar-refractivity contribution in [2.75, 3.05) is 26.2 Å². The minimum Gasteiger partial charge on any atom is -0.298 e. The van der Waals surface area contributed by atoms with Gasteiger partial charge in [0.1, 0.15) is 0 Å². The second-order valence-corrected chi connectivity index (χ2v) is 7.08. The van der Waals surface area contributed by atoms with Crippen molar-refractivity contribution < 1.29 is 0 Å². The van der Waals surface area contributed by atoms with Gasteiger partial charge in [-0.05, 0) is 43.2 Å². The van der Waals surface area contributed by atoms with E-state index in [9.17, 15) is 0 Å². The van der Waals surface area contributed by atoms with Crippen LogP contribution in [0.2, 0.25) is 0 Å². The molecule has 0 N–H and O–H groups in total. The lowest BCUT2D eigenvalue weighted by atomic mass is 10.2. The fourth-order valence-corrected chi connectivity index (χ4v) is 3.57. The average Bonchev–Trinajstić information content (AvgIpc) is 3.23. The topological polar surface area (TPSA) is 67.9 Å². The van der Waals surface area contributed by atoms with Crippen LogP contribution in [0.1, 0.15) is 49.7 Å². The van der Waals surface area contributed by atoms with Gasteiger partial charge in [0.05, 0.1) is 18.3 Å². The van der Waals surface area contributed by atoms with Crippen molar-refractivity contribution in [3.05, 3.63) is 23.8 Å². The lowest BCUT2D eigenvalue weighted by Gasteiger charge is -2.27. The SMILES string of the molecule is CC(c1nnnn1C1CC1)N1CCCN(Cc2cnn(C)c2)CC1. The molecule has 0 radical (unpaired) electrons. The highest BCUT2D eigenvalue weighted by molar-refractivity contribution is 5.03. The van der Waals surface area contributed by atoms with Crippen molar-refractivity contribution in [1.82, 2.24) is 39.8 Å². The first kappa shape index (κ1) is 15.7. The number of hydrogen-bond donors (Lipinski definition) is 0. The van der Waals surface area contributed by atoms with Gasteiger partial charge in [-0.3, -0.25) is 14.5 Å². The second kappa shape index (κ2) is 6.60. The Kier molecular flexibility index (Phi) is 4.32. The molecule has 1 aliphatic heterocycles. The Morgan fingerprint density at radius 1 is 1.21 bits per heavy atom. The number of hydrogen-bond acceptors (Lipinski definition) is 6. The van der Waals surface area contributed by atoms with Gasteiger partial charge in [-0.15, -0.1) is 5.10 Å². The molecule has 4 rings (SSSR count). The van der Waals surface area contributed by atoms with E-state index >= 15 is 0 Å². The van der Waals surface area contributed by atoms with Crippen LogP contribution >= 0.6 is 0 Å². The molecule has 2 aromatic heterocycles. The van der Waals surface area contributed by atoms with Crippen molar-refractivity contribution in [3.63, 3.8) is 0 Å². The number of rotatable bonds is 5. The Bertz CT molecular complexity index is 673. The van der Waals surface area contributed by atoms with Crippen LogP contribution < -0.4 is 0 Å². The smallest absolute Gasteiger partial charge is 0.168 e. The molecule has 2 fully saturated rings. The van der Waals surface area contributed by atoms with Crippen molar-refractivity contribution in [3.8, 4) is 0 Å². The molecular weight excluding hydrogens is 304 g/mol. The van der Waals surface area contributed by atoms with Crippen LogP contribution in [0.3, 0.4) is 0 Å². The molecule has 1 atom stereocenters. The summed E-state index contributed by atoms with van der Waals surface area (Å²) < 4.78 is 3.92. The Hall–Kier alpha value is -1.80. The van der Waals surface area contributed by atoms with E-state index in [-0.39, 0.29) is 6.04 Å². The molecular formula is C16H26N8. The summed E-state index contributed by atoms with van der Waals surface area (Å²) in [4.78, 5) is 5.04. The summed E-state index contributed by atoms with van der Waals surface area (Å²) in [6.45, 7) is 7.58. The van der Waals surface area contributed by atoms with E-state index in [0.717, 1.165) is 38.5 Å². The van der Waals surface area contributed by atoms with Crippen LogP contribution in [0.25, 0.3) is 0 Å².